The van der Waals surface area contributed by atoms with Gasteiger partial charge in [-0.05, 0) is 23.1 Å². The lowest BCUT2D eigenvalue weighted by atomic mass is 9.67. The number of H-pyrrole nitrogens is 1. The fourth-order valence-corrected chi connectivity index (χ4v) is 2.77. The molecule has 21 heavy (non-hydrogen) atoms. The van der Waals surface area contributed by atoms with E-state index in [2.05, 4.69) is 42.9 Å². The average molecular weight is 282 g/mol. The highest BCUT2D eigenvalue weighted by Crippen LogP contribution is 2.36. The number of allylic oxidation sites excluding steroid dienone is 2. The summed E-state index contributed by atoms with van der Waals surface area (Å²) in [5.41, 5.74) is 15.2. The molecule has 0 radical (unpaired) electrons. The van der Waals surface area contributed by atoms with Crippen molar-refractivity contribution in [2.24, 2.45) is 16.9 Å². The highest BCUT2D eigenvalue weighted by molar-refractivity contribution is 5.84. The van der Waals surface area contributed by atoms with Crippen LogP contribution in [0, 0.1) is 5.41 Å². The molecule has 0 amide bonds. The number of rotatable bonds is 1. The molecule has 2 aromatic rings. The van der Waals surface area contributed by atoms with Crippen LogP contribution in [0.3, 0.4) is 0 Å². The second-order valence-electron chi connectivity index (χ2n) is 6.80. The maximum atomic E-state index is 6.52. The maximum absolute atomic E-state index is 6.52. The zero-order valence-electron chi connectivity index (χ0n) is 12.7. The lowest BCUT2D eigenvalue weighted by molar-refractivity contribution is 0.221. The molecule has 2 heterocycles. The molecule has 2 atom stereocenters. The summed E-state index contributed by atoms with van der Waals surface area (Å²) in [6, 6.07) is 3.91. The summed E-state index contributed by atoms with van der Waals surface area (Å²) < 4.78 is 0. The minimum absolute atomic E-state index is 0.103. The smallest absolute Gasteiger partial charge is 0.137 e. The number of nitrogens with two attached hydrogens (primary N) is 2. The number of hydrogen-bond acceptors (Lipinski definition) is 3. The van der Waals surface area contributed by atoms with Crippen LogP contribution in [0.4, 0.5) is 0 Å². The average Bonchev–Trinajstić information content (AvgIpc) is 2.88. The van der Waals surface area contributed by atoms with E-state index >= 15 is 0 Å². The van der Waals surface area contributed by atoms with E-state index in [9.17, 15) is 0 Å². The SMILES string of the molecule is CC(C)(C)C1(N)C=CC(c2cnc3[nH]ccc3c2)=CC1N. The molecule has 0 aromatic carbocycles. The molecule has 110 valence electrons. The van der Waals surface area contributed by atoms with Gasteiger partial charge in [-0.2, -0.15) is 0 Å². The van der Waals surface area contributed by atoms with Crippen LogP contribution in [-0.2, 0) is 0 Å². The molecular weight excluding hydrogens is 260 g/mol. The summed E-state index contributed by atoms with van der Waals surface area (Å²) >= 11 is 0. The van der Waals surface area contributed by atoms with Gasteiger partial charge in [-0.1, -0.05) is 39.0 Å². The highest BCUT2D eigenvalue weighted by Gasteiger charge is 2.41. The van der Waals surface area contributed by atoms with E-state index in [0.29, 0.717) is 0 Å². The molecule has 4 nitrogen and oxygen atoms in total. The predicted molar refractivity (Wildman–Crippen MR) is 87.6 cm³/mol. The van der Waals surface area contributed by atoms with Gasteiger partial charge < -0.3 is 16.5 Å². The monoisotopic (exact) mass is 282 g/mol. The first kappa shape index (κ1) is 14.0. The van der Waals surface area contributed by atoms with Gasteiger partial charge in [-0.25, -0.2) is 4.98 Å². The second kappa shape index (κ2) is 4.55. The number of aromatic nitrogens is 2. The minimum atomic E-state index is -0.540. The first-order valence-electron chi connectivity index (χ1n) is 7.20. The summed E-state index contributed by atoms with van der Waals surface area (Å²) in [5.74, 6) is 0. The topological polar surface area (TPSA) is 80.7 Å². The van der Waals surface area contributed by atoms with Crippen LogP contribution < -0.4 is 11.5 Å². The van der Waals surface area contributed by atoms with Gasteiger partial charge in [0, 0.05) is 29.4 Å². The van der Waals surface area contributed by atoms with E-state index in [0.717, 1.165) is 22.2 Å². The molecule has 1 aliphatic rings. The Bertz CT molecular complexity index is 733. The van der Waals surface area contributed by atoms with Crippen LogP contribution in [0.25, 0.3) is 16.6 Å². The van der Waals surface area contributed by atoms with Crippen molar-refractivity contribution in [2.75, 3.05) is 0 Å². The Morgan fingerprint density at radius 2 is 2.10 bits per heavy atom. The first-order chi connectivity index (χ1) is 9.81. The Hall–Kier alpha value is -1.91. The summed E-state index contributed by atoms with van der Waals surface area (Å²) in [7, 11) is 0. The summed E-state index contributed by atoms with van der Waals surface area (Å²) in [4.78, 5) is 7.52. The van der Waals surface area contributed by atoms with Crippen LogP contribution in [-0.4, -0.2) is 21.5 Å². The zero-order valence-corrected chi connectivity index (χ0v) is 12.7. The third-order valence-corrected chi connectivity index (χ3v) is 4.48. The first-order valence-corrected chi connectivity index (χ1v) is 7.20. The Balaban J connectivity index is 1.98. The molecule has 0 bridgehead atoms. The fraction of sp³-hybridized carbons (Fsp3) is 0.353. The van der Waals surface area contributed by atoms with E-state index in [1.54, 1.807) is 0 Å². The third kappa shape index (κ3) is 2.20. The van der Waals surface area contributed by atoms with E-state index in [-0.39, 0.29) is 11.5 Å². The Morgan fingerprint density at radius 1 is 1.33 bits per heavy atom. The fourth-order valence-electron chi connectivity index (χ4n) is 2.77. The largest absolute Gasteiger partial charge is 0.346 e. The Kier molecular flexibility index (Phi) is 3.04. The van der Waals surface area contributed by atoms with Crippen molar-refractivity contribution < 1.29 is 0 Å². The van der Waals surface area contributed by atoms with Gasteiger partial charge >= 0.3 is 0 Å². The zero-order chi connectivity index (χ0) is 15.3. The summed E-state index contributed by atoms with van der Waals surface area (Å²) in [5, 5.41) is 1.09. The molecule has 3 rings (SSSR count). The van der Waals surface area contributed by atoms with Crippen LogP contribution in [0.2, 0.25) is 0 Å². The molecule has 0 spiro atoms. The third-order valence-electron chi connectivity index (χ3n) is 4.48. The molecule has 0 saturated carbocycles. The Morgan fingerprint density at radius 3 is 2.76 bits per heavy atom. The maximum Gasteiger partial charge on any atom is 0.137 e. The van der Waals surface area contributed by atoms with Crippen LogP contribution in [0.5, 0.6) is 0 Å². The van der Waals surface area contributed by atoms with E-state index in [1.165, 1.54) is 0 Å². The van der Waals surface area contributed by atoms with Crippen LogP contribution in [0.15, 0.2) is 42.8 Å². The molecule has 0 saturated heterocycles. The van der Waals surface area contributed by atoms with E-state index in [4.69, 9.17) is 11.5 Å². The van der Waals surface area contributed by atoms with Gasteiger partial charge in [0.2, 0.25) is 0 Å². The molecular formula is C17H22N4. The lowest BCUT2D eigenvalue weighted by Gasteiger charge is -2.44. The lowest BCUT2D eigenvalue weighted by Crippen LogP contribution is -2.61. The van der Waals surface area contributed by atoms with Gasteiger partial charge in [0.1, 0.15) is 5.65 Å². The van der Waals surface area contributed by atoms with E-state index < -0.39 is 5.54 Å². The summed E-state index contributed by atoms with van der Waals surface area (Å²) in [6.07, 6.45) is 9.89. The number of nitrogens with one attached hydrogen (secondary N) is 1. The van der Waals surface area contributed by atoms with Gasteiger partial charge in [-0.3, -0.25) is 0 Å². The molecule has 2 aromatic heterocycles. The van der Waals surface area contributed by atoms with Crippen LogP contribution in [0.1, 0.15) is 26.3 Å². The van der Waals surface area contributed by atoms with Gasteiger partial charge in [-0.15, -0.1) is 0 Å². The Labute approximate surface area is 124 Å². The van der Waals surface area contributed by atoms with E-state index in [1.807, 2.05) is 30.6 Å². The van der Waals surface area contributed by atoms with Crippen molar-refractivity contribution in [1.29, 1.82) is 0 Å². The molecule has 0 aliphatic heterocycles. The molecule has 5 N–H and O–H groups in total. The standard InChI is InChI=1S/C17H22N4/c1-16(2,3)17(19)6-4-11(9-14(17)18)13-8-12-5-7-20-15(12)21-10-13/h4-10,14H,18-19H2,1-3H3,(H,20,21). The normalized spacial score (nSPS) is 26.1. The van der Waals surface area contributed by atoms with Crippen molar-refractivity contribution in [1.82, 2.24) is 9.97 Å². The van der Waals surface area contributed by atoms with Gasteiger partial charge in [0.05, 0.1) is 5.54 Å². The summed E-state index contributed by atoms with van der Waals surface area (Å²) in [6.45, 7) is 6.34. The van der Waals surface area contributed by atoms with Crippen molar-refractivity contribution in [3.8, 4) is 0 Å². The molecule has 4 heteroatoms. The van der Waals surface area contributed by atoms with Crippen molar-refractivity contribution in [3.63, 3.8) is 0 Å². The molecule has 0 fully saturated rings. The molecule has 2 unspecified atom stereocenters. The number of pyridine rings is 1. The van der Waals surface area contributed by atoms with Crippen molar-refractivity contribution in [2.45, 2.75) is 32.4 Å². The molecule has 1 aliphatic carbocycles. The number of hydrogen-bond donors (Lipinski definition) is 3. The number of nitrogens with zero attached hydrogens (tertiary/aromatic N) is 1. The minimum Gasteiger partial charge on any atom is -0.346 e. The second-order valence-corrected chi connectivity index (χ2v) is 6.80. The number of aromatic amines is 1. The van der Waals surface area contributed by atoms with Crippen molar-refractivity contribution in [3.05, 3.63) is 48.3 Å². The van der Waals surface area contributed by atoms with Gasteiger partial charge in [0.25, 0.3) is 0 Å². The van der Waals surface area contributed by atoms with Crippen LogP contribution >= 0.6 is 0 Å². The quantitative estimate of drug-likeness (QED) is 0.752. The highest BCUT2D eigenvalue weighted by atomic mass is 14.9. The number of fused-ring (bicyclic) bond motifs is 1. The predicted octanol–water partition coefficient (Wildman–Crippen LogP) is 2.59. The van der Waals surface area contributed by atoms with Crippen molar-refractivity contribution >= 4 is 16.6 Å². The van der Waals surface area contributed by atoms with Gasteiger partial charge in [0.15, 0.2) is 0 Å².